The molecule has 0 unspecified atom stereocenters. The molecule has 0 bridgehead atoms. The number of amides is 1. The molecule has 28 heavy (non-hydrogen) atoms. The first-order valence-corrected chi connectivity index (χ1v) is 10.3. The van der Waals surface area contributed by atoms with Gasteiger partial charge in [0.15, 0.2) is 0 Å². The van der Waals surface area contributed by atoms with Crippen molar-refractivity contribution in [2.75, 3.05) is 36.0 Å². The van der Waals surface area contributed by atoms with E-state index in [1.165, 1.54) is 19.3 Å². The maximum atomic E-state index is 12.4. The Hall–Kier alpha value is -2.57. The van der Waals surface area contributed by atoms with Crippen LogP contribution in [0, 0.1) is 12.8 Å². The van der Waals surface area contributed by atoms with Gasteiger partial charge >= 0.3 is 0 Å². The molecule has 0 saturated carbocycles. The van der Waals surface area contributed by atoms with E-state index in [4.69, 9.17) is 4.42 Å². The highest BCUT2D eigenvalue weighted by molar-refractivity contribution is 5.78. The molecule has 1 amide bonds. The van der Waals surface area contributed by atoms with Gasteiger partial charge in [-0.05, 0) is 51.2 Å². The number of carbonyl (C=O) groups excluding carboxylic acids is 1. The van der Waals surface area contributed by atoms with E-state index in [2.05, 4.69) is 25.1 Å². The maximum absolute atomic E-state index is 12.4. The largest absolute Gasteiger partial charge is 0.465 e. The SMILES string of the molecule is Cc1ccc(CNC(=O)C2CCN(c3cnc(N4CCCCC4)nc3)CC2)o1. The van der Waals surface area contributed by atoms with Crippen molar-refractivity contribution in [2.45, 2.75) is 45.6 Å². The average molecular weight is 383 g/mol. The summed E-state index contributed by atoms with van der Waals surface area (Å²) in [6.45, 7) is 6.17. The fourth-order valence-corrected chi connectivity index (χ4v) is 4.03. The van der Waals surface area contributed by atoms with Gasteiger partial charge in [-0.3, -0.25) is 4.79 Å². The molecule has 2 saturated heterocycles. The Bertz CT molecular complexity index is 774. The Labute approximate surface area is 166 Å². The van der Waals surface area contributed by atoms with Crippen LogP contribution in [0.15, 0.2) is 28.9 Å². The van der Waals surface area contributed by atoms with Crippen molar-refractivity contribution in [3.63, 3.8) is 0 Å². The molecule has 0 atom stereocenters. The van der Waals surface area contributed by atoms with Crippen LogP contribution in [-0.2, 0) is 11.3 Å². The third-order valence-corrected chi connectivity index (χ3v) is 5.73. The number of aromatic nitrogens is 2. The summed E-state index contributed by atoms with van der Waals surface area (Å²) in [6.07, 6.45) is 9.29. The van der Waals surface area contributed by atoms with Crippen LogP contribution in [0.5, 0.6) is 0 Å². The van der Waals surface area contributed by atoms with Crippen molar-refractivity contribution < 1.29 is 9.21 Å². The first-order chi connectivity index (χ1) is 13.7. The third kappa shape index (κ3) is 4.46. The lowest BCUT2D eigenvalue weighted by atomic mass is 9.95. The van der Waals surface area contributed by atoms with Gasteiger partial charge < -0.3 is 19.5 Å². The predicted molar refractivity (Wildman–Crippen MR) is 108 cm³/mol. The summed E-state index contributed by atoms with van der Waals surface area (Å²) < 4.78 is 5.51. The van der Waals surface area contributed by atoms with E-state index in [0.29, 0.717) is 6.54 Å². The lowest BCUT2D eigenvalue weighted by molar-refractivity contribution is -0.125. The number of anilines is 2. The minimum absolute atomic E-state index is 0.0563. The summed E-state index contributed by atoms with van der Waals surface area (Å²) in [5.74, 6) is 2.68. The van der Waals surface area contributed by atoms with Gasteiger partial charge in [0.1, 0.15) is 11.5 Å². The molecule has 2 aromatic heterocycles. The van der Waals surface area contributed by atoms with Gasteiger partial charge in [0.2, 0.25) is 11.9 Å². The molecule has 2 fully saturated rings. The fraction of sp³-hybridized carbons (Fsp3) is 0.571. The summed E-state index contributed by atoms with van der Waals surface area (Å²) in [5.41, 5.74) is 1.05. The van der Waals surface area contributed by atoms with Gasteiger partial charge in [0.25, 0.3) is 0 Å². The van der Waals surface area contributed by atoms with Gasteiger partial charge in [-0.1, -0.05) is 0 Å². The van der Waals surface area contributed by atoms with Crippen LogP contribution >= 0.6 is 0 Å². The Balaban J connectivity index is 1.25. The van der Waals surface area contributed by atoms with E-state index in [0.717, 1.165) is 62.2 Å². The number of nitrogens with zero attached hydrogens (tertiary/aromatic N) is 4. The molecule has 1 N–H and O–H groups in total. The van der Waals surface area contributed by atoms with E-state index < -0.39 is 0 Å². The lowest BCUT2D eigenvalue weighted by Gasteiger charge is -2.33. The van der Waals surface area contributed by atoms with Crippen molar-refractivity contribution in [1.82, 2.24) is 15.3 Å². The molecule has 0 aromatic carbocycles. The van der Waals surface area contributed by atoms with Gasteiger partial charge in [-0.25, -0.2) is 9.97 Å². The summed E-state index contributed by atoms with van der Waals surface area (Å²) in [5, 5.41) is 3.00. The number of rotatable bonds is 5. The van der Waals surface area contributed by atoms with Crippen molar-refractivity contribution >= 4 is 17.5 Å². The van der Waals surface area contributed by atoms with Gasteiger partial charge in [0.05, 0.1) is 24.6 Å². The first kappa shape index (κ1) is 18.8. The van der Waals surface area contributed by atoms with Crippen LogP contribution < -0.4 is 15.1 Å². The Morgan fingerprint density at radius 1 is 1.07 bits per heavy atom. The molecule has 0 spiro atoms. The summed E-state index contributed by atoms with van der Waals surface area (Å²) in [6, 6.07) is 3.82. The Kier molecular flexibility index (Phi) is 5.78. The van der Waals surface area contributed by atoms with Gasteiger partial charge in [-0.15, -0.1) is 0 Å². The molecule has 4 rings (SSSR count). The monoisotopic (exact) mass is 383 g/mol. The highest BCUT2D eigenvalue weighted by Gasteiger charge is 2.25. The highest BCUT2D eigenvalue weighted by atomic mass is 16.3. The highest BCUT2D eigenvalue weighted by Crippen LogP contribution is 2.24. The summed E-state index contributed by atoms with van der Waals surface area (Å²) in [4.78, 5) is 26.1. The van der Waals surface area contributed by atoms with Crippen LogP contribution in [0.4, 0.5) is 11.6 Å². The molecular weight excluding hydrogens is 354 g/mol. The zero-order chi connectivity index (χ0) is 19.3. The molecule has 2 aliphatic rings. The van der Waals surface area contributed by atoms with Crippen molar-refractivity contribution in [3.8, 4) is 0 Å². The Morgan fingerprint density at radius 3 is 2.43 bits per heavy atom. The van der Waals surface area contributed by atoms with Crippen LogP contribution in [0.3, 0.4) is 0 Å². The number of hydrogen-bond acceptors (Lipinski definition) is 6. The number of piperidine rings is 2. The number of aryl methyl sites for hydroxylation is 1. The van der Waals surface area contributed by atoms with Crippen molar-refractivity contribution in [1.29, 1.82) is 0 Å². The van der Waals surface area contributed by atoms with E-state index in [-0.39, 0.29) is 11.8 Å². The smallest absolute Gasteiger partial charge is 0.225 e. The zero-order valence-electron chi connectivity index (χ0n) is 16.6. The summed E-state index contributed by atoms with van der Waals surface area (Å²) >= 11 is 0. The number of carbonyl (C=O) groups is 1. The number of nitrogens with one attached hydrogen (secondary N) is 1. The first-order valence-electron chi connectivity index (χ1n) is 10.3. The molecule has 0 aliphatic carbocycles. The second kappa shape index (κ2) is 8.63. The average Bonchev–Trinajstić information content (AvgIpc) is 3.18. The normalized spacial score (nSPS) is 18.3. The minimum Gasteiger partial charge on any atom is -0.465 e. The van der Waals surface area contributed by atoms with Crippen molar-refractivity contribution in [2.24, 2.45) is 5.92 Å². The predicted octanol–water partition coefficient (Wildman–Crippen LogP) is 2.90. The molecule has 2 aliphatic heterocycles. The minimum atomic E-state index is 0.0563. The van der Waals surface area contributed by atoms with E-state index in [1.807, 2.05) is 31.5 Å². The maximum Gasteiger partial charge on any atom is 0.225 e. The standard InChI is InChI=1S/C21H29N5O2/c1-16-5-6-19(28-16)15-22-20(27)17-7-11-25(12-8-17)18-13-23-21(24-14-18)26-9-3-2-4-10-26/h5-6,13-14,17H,2-4,7-12,15H2,1H3,(H,22,27). The second-order valence-corrected chi connectivity index (χ2v) is 7.78. The van der Waals surface area contributed by atoms with Crippen molar-refractivity contribution in [3.05, 3.63) is 36.0 Å². The van der Waals surface area contributed by atoms with Crippen LogP contribution in [-0.4, -0.2) is 42.1 Å². The molecule has 7 nitrogen and oxygen atoms in total. The molecule has 7 heteroatoms. The topological polar surface area (TPSA) is 74.5 Å². The quantitative estimate of drug-likeness (QED) is 0.856. The third-order valence-electron chi connectivity index (χ3n) is 5.73. The van der Waals surface area contributed by atoms with Crippen LogP contribution in [0.1, 0.15) is 43.6 Å². The number of hydrogen-bond donors (Lipinski definition) is 1. The molecular formula is C21H29N5O2. The Morgan fingerprint density at radius 2 is 1.79 bits per heavy atom. The molecule has 150 valence electrons. The summed E-state index contributed by atoms with van der Waals surface area (Å²) in [7, 11) is 0. The second-order valence-electron chi connectivity index (χ2n) is 7.78. The van der Waals surface area contributed by atoms with Gasteiger partial charge in [0, 0.05) is 32.1 Å². The molecule has 2 aromatic rings. The fourth-order valence-electron chi connectivity index (χ4n) is 4.03. The van der Waals surface area contributed by atoms with Gasteiger partial charge in [-0.2, -0.15) is 0 Å². The number of furan rings is 1. The van der Waals surface area contributed by atoms with E-state index >= 15 is 0 Å². The van der Waals surface area contributed by atoms with E-state index in [1.54, 1.807) is 0 Å². The lowest BCUT2D eigenvalue weighted by Crippen LogP contribution is -2.40. The van der Waals surface area contributed by atoms with Crippen LogP contribution in [0.25, 0.3) is 0 Å². The molecule has 0 radical (unpaired) electrons. The van der Waals surface area contributed by atoms with E-state index in [9.17, 15) is 4.79 Å². The zero-order valence-corrected chi connectivity index (χ0v) is 16.6. The molecule has 4 heterocycles. The van der Waals surface area contributed by atoms with Crippen LogP contribution in [0.2, 0.25) is 0 Å².